The molecule has 0 aliphatic heterocycles. The summed E-state index contributed by atoms with van der Waals surface area (Å²) in [7, 11) is 1.77. The number of anilines is 1. The molecule has 3 nitrogen and oxygen atoms in total. The van der Waals surface area contributed by atoms with Crippen LogP contribution < -0.4 is 10.6 Å². The van der Waals surface area contributed by atoms with Gasteiger partial charge < -0.3 is 10.6 Å². The fourth-order valence-corrected chi connectivity index (χ4v) is 1.36. The van der Waals surface area contributed by atoms with Crippen molar-refractivity contribution in [1.82, 2.24) is 5.32 Å². The molecule has 88 valence electrons. The fraction of sp³-hybridized carbons (Fsp3) is 0.364. The number of halogens is 2. The first-order valence-electron chi connectivity index (χ1n) is 4.95. The average molecular weight is 245 g/mol. The number of carbonyl (C=O) groups is 1. The molecular formula is C11H14ClFN2O. The van der Waals surface area contributed by atoms with Gasteiger partial charge in [0.15, 0.2) is 0 Å². The second-order valence-corrected chi connectivity index (χ2v) is 3.98. The van der Waals surface area contributed by atoms with E-state index in [9.17, 15) is 9.18 Å². The number of rotatable bonds is 4. The summed E-state index contributed by atoms with van der Waals surface area (Å²) in [6, 6.07) is 4.18. The number of nitrogens with one attached hydrogen (secondary N) is 2. The zero-order valence-corrected chi connectivity index (χ0v) is 9.94. The van der Waals surface area contributed by atoms with Gasteiger partial charge in [0.1, 0.15) is 5.82 Å². The smallest absolute Gasteiger partial charge is 0.228 e. The maximum atomic E-state index is 13.1. The first-order valence-corrected chi connectivity index (χ1v) is 5.33. The number of amides is 1. The zero-order valence-electron chi connectivity index (χ0n) is 9.18. The van der Waals surface area contributed by atoms with E-state index < -0.39 is 5.82 Å². The second-order valence-electron chi connectivity index (χ2n) is 3.58. The summed E-state index contributed by atoms with van der Waals surface area (Å²) in [5, 5.41) is 5.56. The molecule has 2 N–H and O–H groups in total. The van der Waals surface area contributed by atoms with Crippen LogP contribution in [0.4, 0.5) is 10.1 Å². The Morgan fingerprint density at radius 2 is 2.25 bits per heavy atom. The van der Waals surface area contributed by atoms with E-state index in [-0.39, 0.29) is 16.8 Å². The van der Waals surface area contributed by atoms with E-state index in [2.05, 4.69) is 10.6 Å². The topological polar surface area (TPSA) is 41.1 Å². The van der Waals surface area contributed by atoms with Crippen molar-refractivity contribution in [3.05, 3.63) is 29.0 Å². The molecule has 1 amide bonds. The third kappa shape index (κ3) is 3.47. The first kappa shape index (κ1) is 12.9. The van der Waals surface area contributed by atoms with Crippen LogP contribution in [0.25, 0.3) is 0 Å². The molecule has 0 aliphatic rings. The molecule has 0 aliphatic carbocycles. The molecule has 1 rings (SSSR count). The molecule has 1 aromatic rings. The highest BCUT2D eigenvalue weighted by Crippen LogP contribution is 2.19. The Bertz CT molecular complexity index is 384. The van der Waals surface area contributed by atoms with Gasteiger partial charge in [-0.1, -0.05) is 18.5 Å². The Morgan fingerprint density at radius 3 is 2.81 bits per heavy atom. The van der Waals surface area contributed by atoms with Crippen LogP contribution in [-0.2, 0) is 4.79 Å². The Labute approximate surface area is 99.0 Å². The molecule has 0 saturated carbocycles. The Morgan fingerprint density at radius 1 is 1.56 bits per heavy atom. The molecule has 1 aromatic carbocycles. The molecule has 1 atom stereocenters. The van der Waals surface area contributed by atoms with Gasteiger partial charge in [-0.3, -0.25) is 4.79 Å². The van der Waals surface area contributed by atoms with Crippen molar-refractivity contribution in [2.75, 3.05) is 18.9 Å². The molecule has 0 saturated heterocycles. The van der Waals surface area contributed by atoms with Crippen LogP contribution >= 0.6 is 11.6 Å². The highest BCUT2D eigenvalue weighted by atomic mass is 35.5. The lowest BCUT2D eigenvalue weighted by molar-refractivity contribution is -0.119. The van der Waals surface area contributed by atoms with E-state index in [0.29, 0.717) is 12.2 Å². The average Bonchev–Trinajstić information content (AvgIpc) is 2.24. The summed E-state index contributed by atoms with van der Waals surface area (Å²) in [6.07, 6.45) is 0. The van der Waals surface area contributed by atoms with Gasteiger partial charge >= 0.3 is 0 Å². The van der Waals surface area contributed by atoms with Crippen molar-refractivity contribution in [1.29, 1.82) is 0 Å². The standard InChI is InChI=1S/C11H14ClFN2O/c1-7(6-14-2)11(16)15-8-3-4-9(12)10(13)5-8/h3-5,7,14H,6H2,1-2H3,(H,15,16). The van der Waals surface area contributed by atoms with Crippen LogP contribution in [-0.4, -0.2) is 19.5 Å². The maximum absolute atomic E-state index is 13.1. The third-order valence-corrected chi connectivity index (χ3v) is 2.45. The van der Waals surface area contributed by atoms with Crippen LogP contribution in [0.5, 0.6) is 0 Å². The van der Waals surface area contributed by atoms with Crippen LogP contribution in [0.15, 0.2) is 18.2 Å². The molecule has 16 heavy (non-hydrogen) atoms. The van der Waals surface area contributed by atoms with Crippen molar-refractivity contribution in [3.63, 3.8) is 0 Å². The monoisotopic (exact) mass is 244 g/mol. The van der Waals surface area contributed by atoms with Crippen LogP contribution in [0.2, 0.25) is 5.02 Å². The van der Waals surface area contributed by atoms with E-state index in [1.54, 1.807) is 20.0 Å². The highest BCUT2D eigenvalue weighted by Gasteiger charge is 2.12. The maximum Gasteiger partial charge on any atom is 0.228 e. The lowest BCUT2D eigenvalue weighted by Gasteiger charge is -2.11. The van der Waals surface area contributed by atoms with E-state index in [4.69, 9.17) is 11.6 Å². The summed E-state index contributed by atoms with van der Waals surface area (Å²) < 4.78 is 13.1. The molecule has 0 fully saturated rings. The van der Waals surface area contributed by atoms with Gasteiger partial charge in [0, 0.05) is 18.2 Å². The Hall–Kier alpha value is -1.13. The zero-order chi connectivity index (χ0) is 12.1. The normalized spacial score (nSPS) is 12.2. The first-order chi connectivity index (χ1) is 7.54. The van der Waals surface area contributed by atoms with Gasteiger partial charge in [-0.25, -0.2) is 4.39 Å². The highest BCUT2D eigenvalue weighted by molar-refractivity contribution is 6.30. The summed E-state index contributed by atoms with van der Waals surface area (Å²) in [5.74, 6) is -0.874. The van der Waals surface area contributed by atoms with E-state index in [1.165, 1.54) is 12.1 Å². The van der Waals surface area contributed by atoms with E-state index in [1.807, 2.05) is 0 Å². The lowest BCUT2D eigenvalue weighted by Crippen LogP contribution is -2.28. The van der Waals surface area contributed by atoms with Crippen molar-refractivity contribution in [3.8, 4) is 0 Å². The number of hydrogen-bond donors (Lipinski definition) is 2. The van der Waals surface area contributed by atoms with Gasteiger partial charge in [-0.05, 0) is 25.2 Å². The van der Waals surface area contributed by atoms with Gasteiger partial charge in [0.05, 0.1) is 5.02 Å². The van der Waals surface area contributed by atoms with Gasteiger partial charge in [0.25, 0.3) is 0 Å². The van der Waals surface area contributed by atoms with Crippen molar-refractivity contribution in [2.45, 2.75) is 6.92 Å². The molecule has 0 radical (unpaired) electrons. The van der Waals surface area contributed by atoms with Crippen LogP contribution in [0.1, 0.15) is 6.92 Å². The minimum atomic E-state index is -0.541. The van der Waals surface area contributed by atoms with Gasteiger partial charge in [-0.2, -0.15) is 0 Å². The van der Waals surface area contributed by atoms with Crippen molar-refractivity contribution in [2.24, 2.45) is 5.92 Å². The Balaban J connectivity index is 2.66. The van der Waals surface area contributed by atoms with Crippen molar-refractivity contribution >= 4 is 23.2 Å². The summed E-state index contributed by atoms with van der Waals surface area (Å²) in [6.45, 7) is 2.36. The molecular weight excluding hydrogens is 231 g/mol. The summed E-state index contributed by atoms with van der Waals surface area (Å²) >= 11 is 5.53. The molecule has 0 spiro atoms. The molecule has 0 bridgehead atoms. The van der Waals surface area contributed by atoms with Crippen LogP contribution in [0, 0.1) is 11.7 Å². The molecule has 5 heteroatoms. The van der Waals surface area contributed by atoms with Crippen molar-refractivity contribution < 1.29 is 9.18 Å². The minimum absolute atomic E-state index is 0.0428. The summed E-state index contributed by atoms with van der Waals surface area (Å²) in [5.41, 5.74) is 0.412. The predicted octanol–water partition coefficient (Wildman–Crippen LogP) is 2.27. The molecule has 0 heterocycles. The van der Waals surface area contributed by atoms with Gasteiger partial charge in [0.2, 0.25) is 5.91 Å². The van der Waals surface area contributed by atoms with E-state index in [0.717, 1.165) is 0 Å². The lowest BCUT2D eigenvalue weighted by atomic mass is 10.1. The number of hydrogen-bond acceptors (Lipinski definition) is 2. The third-order valence-electron chi connectivity index (χ3n) is 2.15. The Kier molecular flexibility index (Phi) is 4.71. The van der Waals surface area contributed by atoms with Gasteiger partial charge in [-0.15, -0.1) is 0 Å². The SMILES string of the molecule is CNCC(C)C(=O)Nc1ccc(Cl)c(F)c1. The molecule has 1 unspecified atom stereocenters. The second kappa shape index (κ2) is 5.82. The predicted molar refractivity (Wildman–Crippen MR) is 63.1 cm³/mol. The molecule has 0 aromatic heterocycles. The van der Waals surface area contributed by atoms with Crippen LogP contribution in [0.3, 0.4) is 0 Å². The fourth-order valence-electron chi connectivity index (χ4n) is 1.24. The van der Waals surface area contributed by atoms with E-state index >= 15 is 0 Å². The number of carbonyl (C=O) groups excluding carboxylic acids is 1. The summed E-state index contributed by atoms with van der Waals surface area (Å²) in [4.78, 5) is 11.6. The minimum Gasteiger partial charge on any atom is -0.326 e. The quantitative estimate of drug-likeness (QED) is 0.853. The largest absolute Gasteiger partial charge is 0.326 e. The number of benzene rings is 1.